The summed E-state index contributed by atoms with van der Waals surface area (Å²) in [5, 5.41) is 9.10. The van der Waals surface area contributed by atoms with Crippen LogP contribution in [0.1, 0.15) is 37.7 Å². The minimum absolute atomic E-state index is 0.0836. The lowest BCUT2D eigenvalue weighted by molar-refractivity contribution is 0.0220. The molecule has 5 heteroatoms. The average Bonchev–Trinajstić information content (AvgIpc) is 2.35. The smallest absolute Gasteiger partial charge is 0.410 e. The Morgan fingerprint density at radius 3 is 2.84 bits per heavy atom. The quantitative estimate of drug-likeness (QED) is 0.841. The third-order valence-corrected chi connectivity index (χ3v) is 2.93. The molecule has 0 bridgehead atoms. The van der Waals surface area contributed by atoms with E-state index in [2.05, 4.69) is 4.98 Å². The van der Waals surface area contributed by atoms with Crippen molar-refractivity contribution in [1.29, 1.82) is 0 Å². The molecule has 0 radical (unpaired) electrons. The molecule has 0 unspecified atom stereocenters. The highest BCUT2D eigenvalue weighted by Crippen LogP contribution is 2.20. The molecule has 104 valence electrons. The van der Waals surface area contributed by atoms with Gasteiger partial charge in [0.25, 0.3) is 0 Å². The number of carbonyl (C=O) groups excluding carboxylic acids is 1. The van der Waals surface area contributed by atoms with Gasteiger partial charge in [-0.25, -0.2) is 4.79 Å². The molecule has 0 atom stereocenters. The molecule has 5 nitrogen and oxygen atoms in total. The number of hydrogen-bond donors (Lipinski definition) is 1. The monoisotopic (exact) mass is 264 g/mol. The number of aliphatic hydroxyl groups excluding tert-OH is 1. The van der Waals surface area contributed by atoms with Crippen LogP contribution < -0.4 is 0 Å². The molecule has 0 aliphatic carbocycles. The predicted octanol–water partition coefficient (Wildman–Crippen LogP) is 1.87. The Labute approximate surface area is 113 Å². The van der Waals surface area contributed by atoms with Crippen molar-refractivity contribution >= 4 is 6.09 Å². The molecule has 1 aromatic heterocycles. The zero-order valence-corrected chi connectivity index (χ0v) is 11.6. The Morgan fingerprint density at radius 1 is 1.47 bits per heavy atom. The average molecular weight is 264 g/mol. The van der Waals surface area contributed by atoms with Crippen molar-refractivity contribution in [3.05, 3.63) is 29.1 Å². The maximum atomic E-state index is 12.0. The normalized spacial score (nSPS) is 15.1. The number of aliphatic hydroxyl groups is 1. The fraction of sp³-hybridized carbons (Fsp3) is 0.571. The first kappa shape index (κ1) is 13.8. The second-order valence-corrected chi connectivity index (χ2v) is 5.72. The second kappa shape index (κ2) is 5.17. The van der Waals surface area contributed by atoms with Crippen molar-refractivity contribution in [3.63, 3.8) is 0 Å². The molecule has 2 heterocycles. The van der Waals surface area contributed by atoms with Crippen molar-refractivity contribution in [1.82, 2.24) is 9.88 Å². The molecule has 19 heavy (non-hydrogen) atoms. The topological polar surface area (TPSA) is 62.7 Å². The van der Waals surface area contributed by atoms with E-state index < -0.39 is 5.60 Å². The van der Waals surface area contributed by atoms with Gasteiger partial charge in [-0.1, -0.05) is 6.07 Å². The van der Waals surface area contributed by atoms with Crippen molar-refractivity contribution < 1.29 is 14.6 Å². The van der Waals surface area contributed by atoms with Gasteiger partial charge in [0.05, 0.1) is 24.5 Å². The first-order chi connectivity index (χ1) is 8.89. The van der Waals surface area contributed by atoms with Gasteiger partial charge in [0.15, 0.2) is 0 Å². The second-order valence-electron chi connectivity index (χ2n) is 5.72. The van der Waals surface area contributed by atoms with Gasteiger partial charge in [-0.2, -0.15) is 0 Å². The summed E-state index contributed by atoms with van der Waals surface area (Å²) >= 11 is 0. The largest absolute Gasteiger partial charge is 0.444 e. The highest BCUT2D eigenvalue weighted by Gasteiger charge is 2.26. The Balaban J connectivity index is 2.10. The summed E-state index contributed by atoms with van der Waals surface area (Å²) in [4.78, 5) is 18.0. The van der Waals surface area contributed by atoms with Gasteiger partial charge in [0, 0.05) is 6.54 Å². The number of hydrogen-bond acceptors (Lipinski definition) is 4. The summed E-state index contributed by atoms with van der Waals surface area (Å²) in [7, 11) is 0. The summed E-state index contributed by atoms with van der Waals surface area (Å²) in [5.74, 6) is 0. The van der Waals surface area contributed by atoms with Gasteiger partial charge in [-0.3, -0.25) is 4.98 Å². The molecule has 0 aromatic carbocycles. The van der Waals surface area contributed by atoms with Gasteiger partial charge in [-0.05, 0) is 38.8 Å². The van der Waals surface area contributed by atoms with Crippen LogP contribution in [0.15, 0.2) is 12.1 Å². The van der Waals surface area contributed by atoms with Gasteiger partial charge in [0.2, 0.25) is 0 Å². The number of amides is 1. The molecule has 1 aromatic rings. The summed E-state index contributed by atoms with van der Waals surface area (Å²) in [6.07, 6.45) is 0.460. The third-order valence-electron chi connectivity index (χ3n) is 2.93. The van der Waals surface area contributed by atoms with Crippen LogP contribution in [0.3, 0.4) is 0 Å². The van der Waals surface area contributed by atoms with Crippen LogP contribution in [0.5, 0.6) is 0 Å². The third kappa shape index (κ3) is 3.44. The summed E-state index contributed by atoms with van der Waals surface area (Å²) in [6.45, 7) is 6.56. The van der Waals surface area contributed by atoms with Crippen molar-refractivity contribution in [2.75, 3.05) is 6.54 Å². The van der Waals surface area contributed by atoms with Crippen LogP contribution in [-0.4, -0.2) is 33.2 Å². The Hall–Kier alpha value is -1.62. The summed E-state index contributed by atoms with van der Waals surface area (Å²) in [6, 6.07) is 3.79. The number of aromatic nitrogens is 1. The first-order valence-corrected chi connectivity index (χ1v) is 6.45. The number of rotatable bonds is 1. The van der Waals surface area contributed by atoms with E-state index in [1.54, 1.807) is 4.90 Å². The molecule has 1 amide bonds. The fourth-order valence-electron chi connectivity index (χ4n) is 2.03. The number of pyridine rings is 1. The Morgan fingerprint density at radius 2 is 2.21 bits per heavy atom. The van der Waals surface area contributed by atoms with Gasteiger partial charge in [0.1, 0.15) is 5.60 Å². The van der Waals surface area contributed by atoms with Crippen LogP contribution in [0, 0.1) is 0 Å². The molecular formula is C14H20N2O3. The van der Waals surface area contributed by atoms with E-state index in [0.717, 1.165) is 17.7 Å². The molecule has 0 spiro atoms. The standard InChI is InChI=1S/C14H20N2O3/c1-14(2,3)19-13(18)16-7-6-10-4-5-11(9-17)15-12(10)8-16/h4-5,17H,6-9H2,1-3H3. The van der Waals surface area contributed by atoms with Crippen molar-refractivity contribution in [3.8, 4) is 0 Å². The van der Waals surface area contributed by atoms with Crippen molar-refractivity contribution in [2.45, 2.75) is 45.9 Å². The van der Waals surface area contributed by atoms with E-state index in [1.165, 1.54) is 0 Å². The maximum absolute atomic E-state index is 12.0. The van der Waals surface area contributed by atoms with Gasteiger partial charge < -0.3 is 14.7 Å². The summed E-state index contributed by atoms with van der Waals surface area (Å²) in [5.41, 5.74) is 2.13. The van der Waals surface area contributed by atoms with E-state index in [4.69, 9.17) is 9.84 Å². The SMILES string of the molecule is CC(C)(C)OC(=O)N1CCc2ccc(CO)nc2C1. The Kier molecular flexibility index (Phi) is 3.75. The Bertz CT molecular complexity index is 480. The van der Waals surface area contributed by atoms with E-state index >= 15 is 0 Å². The van der Waals surface area contributed by atoms with E-state index in [9.17, 15) is 4.79 Å². The number of fused-ring (bicyclic) bond motifs is 1. The first-order valence-electron chi connectivity index (χ1n) is 6.45. The highest BCUT2D eigenvalue weighted by molar-refractivity contribution is 5.68. The molecule has 1 N–H and O–H groups in total. The lowest BCUT2D eigenvalue weighted by Crippen LogP contribution is -2.40. The number of carbonyl (C=O) groups is 1. The molecule has 0 fully saturated rings. The van der Waals surface area contributed by atoms with Gasteiger partial charge >= 0.3 is 6.09 Å². The summed E-state index contributed by atoms with van der Waals surface area (Å²) < 4.78 is 5.36. The molecule has 0 saturated heterocycles. The number of ether oxygens (including phenoxy) is 1. The molecule has 1 aliphatic rings. The highest BCUT2D eigenvalue weighted by atomic mass is 16.6. The molecule has 2 rings (SSSR count). The molecule has 1 aliphatic heterocycles. The zero-order chi connectivity index (χ0) is 14.0. The predicted molar refractivity (Wildman–Crippen MR) is 70.5 cm³/mol. The van der Waals surface area contributed by atoms with E-state index in [0.29, 0.717) is 18.8 Å². The number of nitrogens with zero attached hydrogens (tertiary/aromatic N) is 2. The minimum atomic E-state index is -0.488. The van der Waals surface area contributed by atoms with Crippen LogP contribution in [0.25, 0.3) is 0 Å². The van der Waals surface area contributed by atoms with Crippen LogP contribution in [0.2, 0.25) is 0 Å². The van der Waals surface area contributed by atoms with Crippen LogP contribution >= 0.6 is 0 Å². The lowest BCUT2D eigenvalue weighted by Gasteiger charge is -2.30. The zero-order valence-electron chi connectivity index (χ0n) is 11.6. The van der Waals surface area contributed by atoms with Gasteiger partial charge in [-0.15, -0.1) is 0 Å². The van der Waals surface area contributed by atoms with Crippen LogP contribution in [-0.2, 0) is 24.3 Å². The van der Waals surface area contributed by atoms with Crippen molar-refractivity contribution in [2.24, 2.45) is 0 Å². The molecule has 0 saturated carbocycles. The fourth-order valence-corrected chi connectivity index (χ4v) is 2.03. The lowest BCUT2D eigenvalue weighted by atomic mass is 10.0. The van der Waals surface area contributed by atoms with E-state index in [1.807, 2.05) is 32.9 Å². The maximum Gasteiger partial charge on any atom is 0.410 e. The minimum Gasteiger partial charge on any atom is -0.444 e. The molecular weight excluding hydrogens is 244 g/mol. The van der Waals surface area contributed by atoms with E-state index in [-0.39, 0.29) is 12.7 Å². The van der Waals surface area contributed by atoms with Crippen LogP contribution in [0.4, 0.5) is 4.79 Å².